The van der Waals surface area contributed by atoms with Crippen LogP contribution in [-0.4, -0.2) is 39.3 Å². The molecule has 3 heteroatoms. The Morgan fingerprint density at radius 3 is 3.11 bits per heavy atom. The molecular weight excluding hydrogens is 222 g/mol. The first-order valence-electron chi connectivity index (χ1n) is 7.04. The molecule has 0 amide bonds. The zero-order valence-electron chi connectivity index (χ0n) is 11.2. The average Bonchev–Trinajstić information content (AvgIpc) is 2.65. The predicted octanol–water partition coefficient (Wildman–Crippen LogP) is 1.58. The highest BCUT2D eigenvalue weighted by molar-refractivity contribution is 5.81. The monoisotopic (exact) mass is 243 g/mol. The molecule has 3 nitrogen and oxygen atoms in total. The van der Waals surface area contributed by atoms with Gasteiger partial charge in [-0.25, -0.2) is 0 Å². The summed E-state index contributed by atoms with van der Waals surface area (Å²) < 4.78 is 0. The maximum atomic E-state index is 3.59. The molecule has 3 heterocycles. The van der Waals surface area contributed by atoms with Gasteiger partial charge in [-0.1, -0.05) is 19.1 Å². The fourth-order valence-electron chi connectivity index (χ4n) is 4.20. The summed E-state index contributed by atoms with van der Waals surface area (Å²) in [4.78, 5) is 5.09. The Morgan fingerprint density at radius 2 is 2.22 bits per heavy atom. The van der Waals surface area contributed by atoms with Crippen LogP contribution in [-0.2, 0) is 5.41 Å². The van der Waals surface area contributed by atoms with E-state index in [2.05, 4.69) is 47.3 Å². The number of piperidine rings is 1. The van der Waals surface area contributed by atoms with E-state index >= 15 is 0 Å². The van der Waals surface area contributed by atoms with Crippen LogP contribution in [0.1, 0.15) is 18.9 Å². The summed E-state index contributed by atoms with van der Waals surface area (Å²) in [5.41, 5.74) is 4.80. The summed E-state index contributed by atoms with van der Waals surface area (Å²) in [6, 6.07) is 7.55. The number of nitrogens with zero attached hydrogens (tertiary/aromatic N) is 2. The quantitative estimate of drug-likeness (QED) is 0.746. The van der Waals surface area contributed by atoms with E-state index in [-0.39, 0.29) is 0 Å². The highest BCUT2D eigenvalue weighted by Gasteiger charge is 2.50. The molecule has 1 aromatic rings. The Bertz CT molecular complexity index is 499. The van der Waals surface area contributed by atoms with Crippen LogP contribution in [0.5, 0.6) is 0 Å². The van der Waals surface area contributed by atoms with E-state index in [4.69, 9.17) is 0 Å². The third-order valence-electron chi connectivity index (χ3n) is 5.20. The van der Waals surface area contributed by atoms with Crippen LogP contribution in [0.25, 0.3) is 0 Å². The number of nitrogens with one attached hydrogen (secondary N) is 1. The van der Waals surface area contributed by atoms with Crippen molar-refractivity contribution < 1.29 is 0 Å². The smallest absolute Gasteiger partial charge is 0.0646 e. The summed E-state index contributed by atoms with van der Waals surface area (Å²) in [7, 11) is 2.22. The van der Waals surface area contributed by atoms with Crippen LogP contribution in [0, 0.1) is 0 Å². The summed E-state index contributed by atoms with van der Waals surface area (Å²) in [5.74, 6) is 0. The van der Waals surface area contributed by atoms with Gasteiger partial charge in [-0.05, 0) is 24.6 Å². The summed E-state index contributed by atoms with van der Waals surface area (Å²) in [6.45, 7) is 7.05. The minimum Gasteiger partial charge on any atom is -0.371 e. The minimum absolute atomic E-state index is 0.300. The fourth-order valence-corrected chi connectivity index (χ4v) is 4.20. The van der Waals surface area contributed by atoms with Crippen LogP contribution in [0.15, 0.2) is 18.2 Å². The van der Waals surface area contributed by atoms with Gasteiger partial charge in [0.05, 0.1) is 11.4 Å². The maximum absolute atomic E-state index is 3.59. The van der Waals surface area contributed by atoms with Crippen molar-refractivity contribution in [1.29, 1.82) is 0 Å². The van der Waals surface area contributed by atoms with E-state index in [1.165, 1.54) is 24.3 Å². The van der Waals surface area contributed by atoms with Crippen molar-refractivity contribution in [3.05, 3.63) is 23.8 Å². The van der Waals surface area contributed by atoms with Gasteiger partial charge < -0.3 is 15.1 Å². The van der Waals surface area contributed by atoms with Gasteiger partial charge in [0.25, 0.3) is 0 Å². The zero-order valence-corrected chi connectivity index (χ0v) is 11.2. The molecule has 0 aromatic heterocycles. The molecule has 1 fully saturated rings. The van der Waals surface area contributed by atoms with Crippen LogP contribution < -0.4 is 15.1 Å². The van der Waals surface area contributed by atoms with Crippen molar-refractivity contribution in [2.45, 2.75) is 24.8 Å². The summed E-state index contributed by atoms with van der Waals surface area (Å²) in [6.07, 6.45) is 1.27. The molecule has 4 rings (SSSR count). The van der Waals surface area contributed by atoms with Gasteiger partial charge in [-0.15, -0.1) is 0 Å². The van der Waals surface area contributed by atoms with E-state index < -0.39 is 0 Å². The van der Waals surface area contributed by atoms with Gasteiger partial charge >= 0.3 is 0 Å². The molecule has 96 valence electrons. The third kappa shape index (κ3) is 1.13. The van der Waals surface area contributed by atoms with Gasteiger partial charge in [0, 0.05) is 38.1 Å². The molecule has 18 heavy (non-hydrogen) atoms. The molecule has 0 bridgehead atoms. The molecular formula is C15H21N3. The Kier molecular flexibility index (Phi) is 2.03. The average molecular weight is 243 g/mol. The first kappa shape index (κ1) is 10.7. The van der Waals surface area contributed by atoms with Gasteiger partial charge in [-0.2, -0.15) is 0 Å². The molecule has 0 radical (unpaired) electrons. The Balaban J connectivity index is 1.95. The van der Waals surface area contributed by atoms with Crippen molar-refractivity contribution in [2.75, 3.05) is 43.0 Å². The number of benzene rings is 1. The lowest BCUT2D eigenvalue weighted by atomic mass is 9.75. The standard InChI is InChI=1S/C15H21N3/c1-15-10-16-7-6-13(15)18-9-8-17(2)12-5-3-4-11(15)14(12)18/h3-5,13,16H,6-10H2,1-2H3/t13?,15-/m0/s1. The molecule has 1 saturated heterocycles. The first-order chi connectivity index (χ1) is 8.72. The number of para-hydroxylation sites is 1. The Labute approximate surface area is 109 Å². The van der Waals surface area contributed by atoms with E-state index in [0.717, 1.165) is 19.6 Å². The largest absolute Gasteiger partial charge is 0.371 e. The van der Waals surface area contributed by atoms with Crippen molar-refractivity contribution in [3.63, 3.8) is 0 Å². The van der Waals surface area contributed by atoms with E-state index in [0.29, 0.717) is 11.5 Å². The normalized spacial score (nSPS) is 33.3. The number of fused-ring (bicyclic) bond motifs is 3. The molecule has 1 unspecified atom stereocenters. The van der Waals surface area contributed by atoms with Gasteiger partial charge in [-0.3, -0.25) is 0 Å². The topological polar surface area (TPSA) is 18.5 Å². The lowest BCUT2D eigenvalue weighted by Gasteiger charge is -2.43. The molecule has 3 aliphatic heterocycles. The van der Waals surface area contributed by atoms with E-state index in [9.17, 15) is 0 Å². The first-order valence-corrected chi connectivity index (χ1v) is 7.04. The van der Waals surface area contributed by atoms with Crippen molar-refractivity contribution >= 4 is 11.4 Å². The predicted molar refractivity (Wildman–Crippen MR) is 75.7 cm³/mol. The fraction of sp³-hybridized carbons (Fsp3) is 0.600. The second kappa shape index (κ2) is 3.41. The van der Waals surface area contributed by atoms with Crippen molar-refractivity contribution in [2.24, 2.45) is 0 Å². The second-order valence-corrected chi connectivity index (χ2v) is 6.19. The zero-order chi connectivity index (χ0) is 12.3. The Morgan fingerprint density at radius 1 is 1.33 bits per heavy atom. The Hall–Kier alpha value is -1.22. The number of hydrogen-bond acceptors (Lipinski definition) is 3. The lowest BCUT2D eigenvalue weighted by molar-refractivity contribution is 0.298. The van der Waals surface area contributed by atoms with Crippen molar-refractivity contribution in [3.8, 4) is 0 Å². The van der Waals surface area contributed by atoms with Crippen LogP contribution in [0.3, 0.4) is 0 Å². The molecule has 2 atom stereocenters. The van der Waals surface area contributed by atoms with Gasteiger partial charge in [0.2, 0.25) is 0 Å². The van der Waals surface area contributed by atoms with Gasteiger partial charge in [0.1, 0.15) is 0 Å². The number of anilines is 2. The molecule has 1 aromatic carbocycles. The lowest BCUT2D eigenvalue weighted by Crippen LogP contribution is -2.55. The maximum Gasteiger partial charge on any atom is 0.0646 e. The number of likely N-dealkylation sites (N-methyl/N-ethyl adjacent to an activating group) is 1. The SMILES string of the molecule is CN1CCN2c3c1cccc3[C@]1(C)CNCCC21. The highest BCUT2D eigenvalue weighted by Crippen LogP contribution is 2.52. The highest BCUT2D eigenvalue weighted by atomic mass is 15.3. The summed E-state index contributed by atoms with van der Waals surface area (Å²) >= 11 is 0. The van der Waals surface area contributed by atoms with Crippen LogP contribution >= 0.6 is 0 Å². The van der Waals surface area contributed by atoms with Crippen molar-refractivity contribution in [1.82, 2.24) is 5.32 Å². The molecule has 0 saturated carbocycles. The minimum atomic E-state index is 0.300. The van der Waals surface area contributed by atoms with Crippen LogP contribution in [0.2, 0.25) is 0 Å². The molecule has 1 N–H and O–H groups in total. The molecule has 3 aliphatic rings. The number of hydrogen-bond donors (Lipinski definition) is 1. The third-order valence-corrected chi connectivity index (χ3v) is 5.20. The van der Waals surface area contributed by atoms with E-state index in [1.807, 2.05) is 0 Å². The second-order valence-electron chi connectivity index (χ2n) is 6.19. The molecule has 0 spiro atoms. The molecule has 0 aliphatic carbocycles. The van der Waals surface area contributed by atoms with Gasteiger partial charge in [0.15, 0.2) is 0 Å². The summed E-state index contributed by atoms with van der Waals surface area (Å²) in [5, 5.41) is 3.59. The van der Waals surface area contributed by atoms with E-state index in [1.54, 1.807) is 5.56 Å². The van der Waals surface area contributed by atoms with Crippen LogP contribution in [0.4, 0.5) is 11.4 Å². The number of rotatable bonds is 0.